The van der Waals surface area contributed by atoms with Gasteiger partial charge in [0.05, 0.1) is 11.8 Å². The molecule has 0 radical (unpaired) electrons. The van der Waals surface area contributed by atoms with Crippen LogP contribution in [0.15, 0.2) is 17.2 Å². The number of carbonyl (C=O) groups is 1. The molecule has 1 amide bonds. The summed E-state index contributed by atoms with van der Waals surface area (Å²) in [5.41, 5.74) is 12.1. The molecule has 1 aromatic carbocycles. The summed E-state index contributed by atoms with van der Waals surface area (Å²) in [5, 5.41) is 4.75. The quantitative estimate of drug-likeness (QED) is 0.390. The normalized spacial score (nSPS) is 13.9. The van der Waals surface area contributed by atoms with Crippen molar-refractivity contribution in [2.24, 2.45) is 5.10 Å². The van der Waals surface area contributed by atoms with Crippen molar-refractivity contribution in [2.45, 2.75) is 0 Å². The highest BCUT2D eigenvalue weighted by molar-refractivity contribution is 6.37. The van der Waals surface area contributed by atoms with Gasteiger partial charge in [-0.1, -0.05) is 0 Å². The summed E-state index contributed by atoms with van der Waals surface area (Å²) in [6.45, 7) is 0. The van der Waals surface area contributed by atoms with Crippen LogP contribution in [0.4, 0.5) is 5.69 Å². The first-order valence-corrected chi connectivity index (χ1v) is 4.92. The summed E-state index contributed by atoms with van der Waals surface area (Å²) < 4.78 is 0. The first-order chi connectivity index (χ1) is 7.66. The van der Waals surface area contributed by atoms with Crippen LogP contribution in [0.25, 0.3) is 10.9 Å². The number of anilines is 1. The van der Waals surface area contributed by atoms with Gasteiger partial charge in [0.25, 0.3) is 5.91 Å². The Morgan fingerprint density at radius 3 is 3.00 bits per heavy atom. The lowest BCUT2D eigenvalue weighted by Crippen LogP contribution is -2.16. The van der Waals surface area contributed by atoms with Gasteiger partial charge in [-0.05, 0) is 17.7 Å². The average Bonchev–Trinajstić information content (AvgIpc) is 2.42. The molecule has 1 aromatic heterocycles. The number of carbonyl (C=O) groups excluding carboxylic acids is 1. The van der Waals surface area contributed by atoms with E-state index in [1.54, 1.807) is 12.3 Å². The van der Waals surface area contributed by atoms with Gasteiger partial charge < -0.3 is 10.7 Å². The number of hydrogen-bond acceptors (Lipinski definition) is 3. The van der Waals surface area contributed by atoms with Crippen LogP contribution in [0.5, 0.6) is 0 Å². The maximum atomic E-state index is 11.8. The molecule has 1 aliphatic rings. The molecule has 0 unspecified atom stereocenters. The van der Waals surface area contributed by atoms with Gasteiger partial charge >= 0.3 is 0 Å². The molecule has 0 fully saturated rings. The SMILES string of the molecule is Bc1[nH]c2cc(N)cc3c2c1C=NNC3=O. The van der Waals surface area contributed by atoms with E-state index in [0.717, 1.165) is 22.1 Å². The molecule has 5 nitrogen and oxygen atoms in total. The monoisotopic (exact) mass is 212 g/mol. The Bertz CT molecular complexity index is 644. The molecule has 6 heteroatoms. The first-order valence-electron chi connectivity index (χ1n) is 4.92. The van der Waals surface area contributed by atoms with Crippen LogP contribution in [0, 0.1) is 0 Å². The second-order valence-electron chi connectivity index (χ2n) is 3.85. The maximum absolute atomic E-state index is 11.8. The fourth-order valence-corrected chi connectivity index (χ4v) is 2.07. The summed E-state index contributed by atoms with van der Waals surface area (Å²) in [5.74, 6) is -0.230. The number of hydrogen-bond donors (Lipinski definition) is 3. The zero-order valence-corrected chi connectivity index (χ0v) is 8.66. The Kier molecular flexibility index (Phi) is 1.62. The molecule has 2 heterocycles. The van der Waals surface area contributed by atoms with Crippen LogP contribution in [0.2, 0.25) is 0 Å². The van der Waals surface area contributed by atoms with Crippen molar-refractivity contribution < 1.29 is 4.79 Å². The Morgan fingerprint density at radius 1 is 1.38 bits per heavy atom. The van der Waals surface area contributed by atoms with Crippen LogP contribution >= 0.6 is 0 Å². The fraction of sp³-hybridized carbons (Fsp3) is 0. The highest BCUT2D eigenvalue weighted by Gasteiger charge is 2.18. The second-order valence-corrected chi connectivity index (χ2v) is 3.85. The van der Waals surface area contributed by atoms with E-state index in [1.807, 2.05) is 13.9 Å². The smallest absolute Gasteiger partial charge is 0.272 e. The van der Waals surface area contributed by atoms with Gasteiger partial charge in [-0.25, -0.2) is 5.43 Å². The number of nitrogens with zero attached hydrogens (tertiary/aromatic N) is 1. The van der Waals surface area contributed by atoms with Crippen molar-refractivity contribution in [2.75, 3.05) is 5.73 Å². The average molecular weight is 212 g/mol. The molecule has 0 bridgehead atoms. The number of H-pyrrole nitrogens is 1. The number of hydrazone groups is 1. The van der Waals surface area contributed by atoms with Crippen LogP contribution in [-0.2, 0) is 0 Å². The third kappa shape index (κ3) is 1.07. The number of nitrogens with two attached hydrogens (primary N) is 1. The minimum atomic E-state index is -0.230. The number of rotatable bonds is 0. The second kappa shape index (κ2) is 2.88. The summed E-state index contributed by atoms with van der Waals surface area (Å²) in [6.07, 6.45) is 1.65. The van der Waals surface area contributed by atoms with E-state index in [-0.39, 0.29) is 5.91 Å². The lowest BCUT2D eigenvalue weighted by atomic mass is 9.96. The van der Waals surface area contributed by atoms with Gasteiger partial charge in [-0.3, -0.25) is 4.79 Å². The minimum absolute atomic E-state index is 0.230. The standard InChI is InChI=1S/C10H9BN4O/c11-9-6-3-13-15-10(16)5-1-4(12)2-7(14-9)8(5)6/h1-3,14H,11-12H2,(H,15,16). The number of nitrogen functional groups attached to an aromatic ring is 1. The van der Waals surface area contributed by atoms with Crippen molar-refractivity contribution >= 4 is 42.2 Å². The molecule has 0 spiro atoms. The topological polar surface area (TPSA) is 83.3 Å². The van der Waals surface area contributed by atoms with Crippen molar-refractivity contribution in [1.29, 1.82) is 0 Å². The number of aromatic amines is 1. The molecular formula is C10H9BN4O. The molecule has 1 aliphatic heterocycles. The van der Waals surface area contributed by atoms with Crippen molar-refractivity contribution in [3.05, 3.63) is 23.3 Å². The number of benzene rings is 1. The molecule has 78 valence electrons. The van der Waals surface area contributed by atoms with Crippen LogP contribution in [0.1, 0.15) is 15.9 Å². The van der Waals surface area contributed by atoms with E-state index in [9.17, 15) is 4.79 Å². The molecule has 0 saturated heterocycles. The Morgan fingerprint density at radius 2 is 2.19 bits per heavy atom. The molecule has 4 N–H and O–H groups in total. The summed E-state index contributed by atoms with van der Waals surface area (Å²) >= 11 is 0. The van der Waals surface area contributed by atoms with E-state index >= 15 is 0 Å². The Labute approximate surface area is 92.1 Å². The van der Waals surface area contributed by atoms with E-state index in [0.29, 0.717) is 11.3 Å². The van der Waals surface area contributed by atoms with E-state index in [4.69, 9.17) is 5.73 Å². The van der Waals surface area contributed by atoms with Gasteiger partial charge in [0, 0.05) is 22.2 Å². The van der Waals surface area contributed by atoms with Crippen LogP contribution < -0.4 is 16.8 Å². The minimum Gasteiger partial charge on any atom is -0.399 e. The van der Waals surface area contributed by atoms with Crippen LogP contribution in [0.3, 0.4) is 0 Å². The van der Waals surface area contributed by atoms with E-state index in [1.165, 1.54) is 0 Å². The molecule has 0 aliphatic carbocycles. The van der Waals surface area contributed by atoms with Gasteiger partial charge in [-0.2, -0.15) is 5.10 Å². The third-order valence-corrected chi connectivity index (χ3v) is 2.76. The van der Waals surface area contributed by atoms with Crippen LogP contribution in [-0.4, -0.2) is 25.0 Å². The largest absolute Gasteiger partial charge is 0.399 e. The van der Waals surface area contributed by atoms with Gasteiger partial charge in [0.2, 0.25) is 0 Å². The number of amides is 1. The zero-order chi connectivity index (χ0) is 11.3. The van der Waals surface area contributed by atoms with Gasteiger partial charge in [0.15, 0.2) is 7.85 Å². The van der Waals surface area contributed by atoms with Gasteiger partial charge in [-0.15, -0.1) is 0 Å². The molecular weight excluding hydrogens is 203 g/mol. The van der Waals surface area contributed by atoms with E-state index < -0.39 is 0 Å². The molecule has 3 rings (SSSR count). The lowest BCUT2D eigenvalue weighted by molar-refractivity contribution is 0.0957. The number of nitrogens with one attached hydrogen (secondary N) is 2. The highest BCUT2D eigenvalue weighted by atomic mass is 16.2. The van der Waals surface area contributed by atoms with Crippen molar-refractivity contribution in [1.82, 2.24) is 10.4 Å². The fourth-order valence-electron chi connectivity index (χ4n) is 2.07. The first kappa shape index (κ1) is 9.02. The summed E-state index contributed by atoms with van der Waals surface area (Å²) in [7, 11) is 1.94. The Balaban J connectivity index is 2.54. The van der Waals surface area contributed by atoms with Gasteiger partial charge in [0.1, 0.15) is 0 Å². The van der Waals surface area contributed by atoms with Crippen molar-refractivity contribution in [3.8, 4) is 0 Å². The predicted molar refractivity (Wildman–Crippen MR) is 65.9 cm³/mol. The zero-order valence-electron chi connectivity index (χ0n) is 8.66. The predicted octanol–water partition coefficient (Wildman–Crippen LogP) is -0.914. The molecule has 0 saturated carbocycles. The maximum Gasteiger partial charge on any atom is 0.272 e. The Hall–Kier alpha value is -2.24. The summed E-state index contributed by atoms with van der Waals surface area (Å²) in [6, 6.07) is 3.49. The highest BCUT2D eigenvalue weighted by Crippen LogP contribution is 2.24. The summed E-state index contributed by atoms with van der Waals surface area (Å²) in [4.78, 5) is 15.0. The molecule has 16 heavy (non-hydrogen) atoms. The van der Waals surface area contributed by atoms with Crippen molar-refractivity contribution in [3.63, 3.8) is 0 Å². The van der Waals surface area contributed by atoms with E-state index in [2.05, 4.69) is 15.5 Å². The molecule has 2 aromatic rings. The lowest BCUT2D eigenvalue weighted by Gasteiger charge is -2.02. The third-order valence-electron chi connectivity index (χ3n) is 2.76. The molecule has 0 atom stereocenters. The number of aromatic nitrogens is 1.